The van der Waals surface area contributed by atoms with Crippen molar-refractivity contribution >= 4 is 0 Å². The summed E-state index contributed by atoms with van der Waals surface area (Å²) in [5.41, 5.74) is 0.958. The van der Waals surface area contributed by atoms with E-state index >= 15 is 0 Å². The molecule has 2 N–H and O–H groups in total. The number of aliphatic hydroxyl groups is 1. The average molecular weight is 375 g/mol. The molecule has 0 amide bonds. The van der Waals surface area contributed by atoms with Crippen molar-refractivity contribution in [1.82, 2.24) is 10.2 Å². The van der Waals surface area contributed by atoms with Gasteiger partial charge < -0.3 is 10.4 Å². The van der Waals surface area contributed by atoms with Gasteiger partial charge in [-0.15, -0.1) is 0 Å². The molecule has 27 heavy (non-hydrogen) atoms. The SMILES string of the molecule is CCCCC1(C)C/C=C\C=C/CN(C(c2cccc(F)c2)C(O)CNC)C1. The summed E-state index contributed by atoms with van der Waals surface area (Å²) in [7, 11) is 1.83. The van der Waals surface area contributed by atoms with Crippen LogP contribution in [0.2, 0.25) is 0 Å². The van der Waals surface area contributed by atoms with Crippen LogP contribution in [0.5, 0.6) is 0 Å². The number of nitrogens with one attached hydrogen (secondary N) is 1. The first-order valence-corrected chi connectivity index (χ1v) is 10.1. The number of halogens is 1. The lowest BCUT2D eigenvalue weighted by Crippen LogP contribution is -2.45. The first-order chi connectivity index (χ1) is 13.0. The monoisotopic (exact) mass is 374 g/mol. The van der Waals surface area contributed by atoms with E-state index in [-0.39, 0.29) is 17.3 Å². The number of rotatable bonds is 8. The molecule has 1 aromatic rings. The zero-order valence-corrected chi connectivity index (χ0v) is 17.0. The Balaban J connectivity index is 2.37. The van der Waals surface area contributed by atoms with E-state index in [0.717, 1.165) is 31.5 Å². The van der Waals surface area contributed by atoms with Crippen molar-refractivity contribution in [2.24, 2.45) is 5.41 Å². The fourth-order valence-corrected chi connectivity index (χ4v) is 4.01. The predicted octanol–water partition coefficient (Wildman–Crippen LogP) is 4.46. The summed E-state index contributed by atoms with van der Waals surface area (Å²) in [5, 5.41) is 14.0. The fraction of sp³-hybridized carbons (Fsp3) is 0.565. The topological polar surface area (TPSA) is 35.5 Å². The Morgan fingerprint density at radius 3 is 2.78 bits per heavy atom. The van der Waals surface area contributed by atoms with Crippen molar-refractivity contribution in [3.05, 3.63) is 60.0 Å². The van der Waals surface area contributed by atoms with Gasteiger partial charge in [0, 0.05) is 19.6 Å². The summed E-state index contributed by atoms with van der Waals surface area (Å²) < 4.78 is 13.9. The first-order valence-electron chi connectivity index (χ1n) is 10.1. The second kappa shape index (κ2) is 10.7. The molecule has 1 aromatic carbocycles. The van der Waals surface area contributed by atoms with Crippen LogP contribution in [0.4, 0.5) is 4.39 Å². The number of hydrogen-bond acceptors (Lipinski definition) is 3. The molecule has 0 bridgehead atoms. The van der Waals surface area contributed by atoms with E-state index in [1.54, 1.807) is 12.1 Å². The van der Waals surface area contributed by atoms with Gasteiger partial charge in [0.2, 0.25) is 0 Å². The molecule has 0 spiro atoms. The molecular weight excluding hydrogens is 339 g/mol. The quantitative estimate of drug-likeness (QED) is 0.705. The van der Waals surface area contributed by atoms with Crippen molar-refractivity contribution < 1.29 is 9.50 Å². The van der Waals surface area contributed by atoms with Crippen LogP contribution in [0.3, 0.4) is 0 Å². The molecular formula is C23H35FN2O. The standard InChI is InChI=1S/C23H35FN2O/c1-4-5-13-23(2)14-8-6-7-9-15-26(18-23)22(21(27)17-25-3)19-11-10-12-20(24)16-19/h6-12,16,21-22,25,27H,4-5,13-15,17-18H2,1-3H3/b8-6-,9-7-. The van der Waals surface area contributed by atoms with E-state index in [9.17, 15) is 9.50 Å². The van der Waals surface area contributed by atoms with Crippen molar-refractivity contribution in [3.8, 4) is 0 Å². The summed E-state index contributed by atoms with van der Waals surface area (Å²) in [6.45, 7) is 6.61. The van der Waals surface area contributed by atoms with Crippen LogP contribution in [0, 0.1) is 11.2 Å². The lowest BCUT2D eigenvalue weighted by Gasteiger charge is -2.41. The van der Waals surface area contributed by atoms with Gasteiger partial charge in [0.05, 0.1) is 12.1 Å². The molecule has 0 saturated carbocycles. The second-order valence-corrected chi connectivity index (χ2v) is 8.03. The van der Waals surface area contributed by atoms with E-state index in [0.29, 0.717) is 6.54 Å². The molecule has 1 aliphatic rings. The Morgan fingerprint density at radius 2 is 2.07 bits per heavy atom. The smallest absolute Gasteiger partial charge is 0.123 e. The molecule has 0 saturated heterocycles. The molecule has 1 heterocycles. The Hall–Kier alpha value is -1.49. The van der Waals surface area contributed by atoms with Gasteiger partial charge in [-0.2, -0.15) is 0 Å². The predicted molar refractivity (Wildman–Crippen MR) is 111 cm³/mol. The summed E-state index contributed by atoms with van der Waals surface area (Å²) in [4.78, 5) is 2.32. The van der Waals surface area contributed by atoms with Crippen LogP contribution in [-0.4, -0.2) is 42.8 Å². The highest BCUT2D eigenvalue weighted by Crippen LogP contribution is 2.35. The van der Waals surface area contributed by atoms with Crippen LogP contribution in [-0.2, 0) is 0 Å². The number of benzene rings is 1. The molecule has 3 nitrogen and oxygen atoms in total. The molecule has 0 aromatic heterocycles. The summed E-state index contributed by atoms with van der Waals surface area (Å²) in [6, 6.07) is 6.41. The van der Waals surface area contributed by atoms with Gasteiger partial charge in [-0.3, -0.25) is 4.90 Å². The number of nitrogens with zero attached hydrogens (tertiary/aromatic N) is 1. The van der Waals surface area contributed by atoms with Gasteiger partial charge in [0.25, 0.3) is 0 Å². The van der Waals surface area contributed by atoms with Crippen LogP contribution in [0.25, 0.3) is 0 Å². The Morgan fingerprint density at radius 1 is 1.30 bits per heavy atom. The third kappa shape index (κ3) is 6.56. The van der Waals surface area contributed by atoms with E-state index < -0.39 is 6.10 Å². The van der Waals surface area contributed by atoms with Gasteiger partial charge in [-0.1, -0.05) is 63.1 Å². The van der Waals surface area contributed by atoms with Crippen LogP contribution >= 0.6 is 0 Å². The second-order valence-electron chi connectivity index (χ2n) is 8.03. The van der Waals surface area contributed by atoms with Crippen molar-refractivity contribution in [3.63, 3.8) is 0 Å². The molecule has 2 rings (SSSR count). The zero-order valence-electron chi connectivity index (χ0n) is 17.0. The fourth-order valence-electron chi connectivity index (χ4n) is 4.01. The normalized spacial score (nSPS) is 25.8. The lowest BCUT2D eigenvalue weighted by molar-refractivity contribution is 0.0300. The maximum absolute atomic E-state index is 13.9. The summed E-state index contributed by atoms with van der Waals surface area (Å²) in [6.07, 6.45) is 12.5. The number of hydrogen-bond donors (Lipinski definition) is 2. The van der Waals surface area contributed by atoms with E-state index in [1.807, 2.05) is 13.1 Å². The largest absolute Gasteiger partial charge is 0.390 e. The van der Waals surface area contributed by atoms with Crippen LogP contribution in [0.15, 0.2) is 48.6 Å². The van der Waals surface area contributed by atoms with Gasteiger partial charge in [-0.25, -0.2) is 4.39 Å². The van der Waals surface area contributed by atoms with Crippen LogP contribution in [0.1, 0.15) is 51.1 Å². The van der Waals surface area contributed by atoms with E-state index in [1.165, 1.54) is 18.9 Å². The molecule has 0 fully saturated rings. The molecule has 3 unspecified atom stereocenters. The minimum atomic E-state index is -0.616. The average Bonchev–Trinajstić information content (AvgIpc) is 2.72. The lowest BCUT2D eigenvalue weighted by atomic mass is 9.80. The van der Waals surface area contributed by atoms with Gasteiger partial charge in [0.15, 0.2) is 0 Å². The highest BCUT2D eigenvalue weighted by atomic mass is 19.1. The van der Waals surface area contributed by atoms with Gasteiger partial charge in [-0.05, 0) is 43.0 Å². The van der Waals surface area contributed by atoms with Crippen molar-refractivity contribution in [2.75, 3.05) is 26.7 Å². The number of aliphatic hydroxyl groups excluding tert-OH is 1. The first kappa shape index (κ1) is 21.8. The number of unbranched alkanes of at least 4 members (excludes halogenated alkanes) is 1. The Bertz CT molecular complexity index is 631. The maximum atomic E-state index is 13.9. The van der Waals surface area contributed by atoms with E-state index in [2.05, 4.69) is 48.4 Å². The molecule has 3 atom stereocenters. The van der Waals surface area contributed by atoms with Crippen molar-refractivity contribution in [1.29, 1.82) is 0 Å². The number of likely N-dealkylation sites (N-methyl/N-ethyl adjacent to an activating group) is 1. The van der Waals surface area contributed by atoms with Gasteiger partial charge in [0.1, 0.15) is 5.82 Å². The molecule has 0 aliphatic carbocycles. The minimum absolute atomic E-state index is 0.128. The molecule has 4 heteroatoms. The third-order valence-electron chi connectivity index (χ3n) is 5.41. The van der Waals surface area contributed by atoms with E-state index in [4.69, 9.17) is 0 Å². The zero-order chi connectivity index (χ0) is 19.7. The molecule has 1 aliphatic heterocycles. The Kier molecular flexibility index (Phi) is 8.68. The highest BCUT2D eigenvalue weighted by molar-refractivity contribution is 5.22. The molecule has 150 valence electrons. The van der Waals surface area contributed by atoms with Gasteiger partial charge >= 0.3 is 0 Å². The maximum Gasteiger partial charge on any atom is 0.123 e. The van der Waals surface area contributed by atoms with Crippen LogP contribution < -0.4 is 5.32 Å². The summed E-state index contributed by atoms with van der Waals surface area (Å²) in [5.74, 6) is -0.260. The third-order valence-corrected chi connectivity index (χ3v) is 5.41. The summed E-state index contributed by atoms with van der Waals surface area (Å²) >= 11 is 0. The Labute approximate surface area is 164 Å². The molecule has 0 radical (unpaired) electrons. The highest BCUT2D eigenvalue weighted by Gasteiger charge is 2.33. The number of allylic oxidation sites excluding steroid dienone is 3. The van der Waals surface area contributed by atoms with Crippen molar-refractivity contribution in [2.45, 2.75) is 51.7 Å². The minimum Gasteiger partial charge on any atom is -0.390 e.